The molecule has 4 heteroatoms. The van der Waals surface area contributed by atoms with Crippen LogP contribution in [0.4, 0.5) is 0 Å². The van der Waals surface area contributed by atoms with Crippen molar-refractivity contribution in [2.45, 2.75) is 25.7 Å². The summed E-state index contributed by atoms with van der Waals surface area (Å²) in [6.45, 7) is 2.66. The van der Waals surface area contributed by atoms with Crippen molar-refractivity contribution in [1.82, 2.24) is 0 Å². The van der Waals surface area contributed by atoms with Crippen LogP contribution < -0.4 is 15.9 Å². The predicted octanol–water partition coefficient (Wildman–Crippen LogP) is 5.57. The summed E-state index contributed by atoms with van der Waals surface area (Å²) in [6, 6.07) is 33.0. The van der Waals surface area contributed by atoms with Gasteiger partial charge in [0.2, 0.25) is 0 Å². The monoisotopic (exact) mass is 530 g/mol. The van der Waals surface area contributed by atoms with E-state index in [1.54, 1.807) is 0 Å². The van der Waals surface area contributed by atoms with Crippen molar-refractivity contribution in [1.29, 1.82) is 0 Å². The number of hydrogen-bond acceptors (Lipinski definition) is 2. The number of ether oxygens (including phenoxy) is 2. The molecule has 1 heterocycles. The van der Waals surface area contributed by atoms with Crippen LogP contribution in [0, 0.1) is 0 Å². The molecule has 0 unspecified atom stereocenters. The van der Waals surface area contributed by atoms with E-state index in [4.69, 9.17) is 9.47 Å². The van der Waals surface area contributed by atoms with Crippen molar-refractivity contribution in [3.05, 3.63) is 103 Å². The zero-order valence-electron chi connectivity index (χ0n) is 17.2. The Balaban J connectivity index is 1.91. The van der Waals surface area contributed by atoms with Gasteiger partial charge in [-0.05, 0) is 0 Å². The molecular formula is C26H28IO2P. The van der Waals surface area contributed by atoms with Gasteiger partial charge >= 0.3 is 193 Å². The van der Waals surface area contributed by atoms with Crippen LogP contribution in [0.2, 0.25) is 0 Å². The van der Waals surface area contributed by atoms with Gasteiger partial charge in [0.1, 0.15) is 0 Å². The fourth-order valence-electron chi connectivity index (χ4n) is 4.37. The molecule has 1 aliphatic heterocycles. The predicted molar refractivity (Wildman–Crippen MR) is 138 cm³/mol. The standard InChI is InChI=1S/C26H28IO2P/c1-2-28-26-20-12-13-22(29-26)21-30(27,23-14-6-3-7-15-23,24-16-8-4-9-17-24)25-18-10-5-11-19-25/h3-12,14-20,22,26H,2,13,21H2,1H3/t22-,26-/m0/s1. The second-order valence-corrected chi connectivity index (χ2v) is 18.3. The summed E-state index contributed by atoms with van der Waals surface area (Å²) in [6.07, 6.45) is 5.90. The Morgan fingerprint density at radius 1 is 0.833 bits per heavy atom. The third-order valence-corrected chi connectivity index (χ3v) is 17.2. The van der Waals surface area contributed by atoms with Gasteiger partial charge in [-0.25, -0.2) is 0 Å². The van der Waals surface area contributed by atoms with Gasteiger partial charge in [-0.2, -0.15) is 0 Å². The van der Waals surface area contributed by atoms with Gasteiger partial charge < -0.3 is 0 Å². The summed E-state index contributed by atoms with van der Waals surface area (Å²) in [5, 5.41) is 4.15. The van der Waals surface area contributed by atoms with Gasteiger partial charge in [-0.15, -0.1) is 0 Å². The SMILES string of the molecule is CCO[C@@H]1C=CC[C@@H](CP(I)(c2ccccc2)(c2ccccc2)c2ccccc2)O1. The molecule has 0 saturated carbocycles. The third-order valence-electron chi connectivity index (χ3n) is 5.78. The third kappa shape index (κ3) is 4.01. The van der Waals surface area contributed by atoms with Crippen molar-refractivity contribution in [3.8, 4) is 0 Å². The van der Waals surface area contributed by atoms with Crippen LogP contribution in [0.15, 0.2) is 103 Å². The topological polar surface area (TPSA) is 18.5 Å². The first-order valence-corrected chi connectivity index (χ1v) is 15.7. The molecule has 0 spiro atoms. The van der Waals surface area contributed by atoms with Crippen molar-refractivity contribution in [2.24, 2.45) is 0 Å². The minimum atomic E-state index is -2.83. The molecule has 0 N–H and O–H groups in total. The van der Waals surface area contributed by atoms with Gasteiger partial charge in [0.15, 0.2) is 0 Å². The number of hydrogen-bond donors (Lipinski definition) is 0. The summed E-state index contributed by atoms with van der Waals surface area (Å²) >= 11 is 2.82. The van der Waals surface area contributed by atoms with Crippen LogP contribution in [-0.4, -0.2) is 25.2 Å². The Morgan fingerprint density at radius 3 is 1.73 bits per heavy atom. The molecule has 0 aromatic heterocycles. The van der Waals surface area contributed by atoms with E-state index in [0.717, 1.165) is 12.6 Å². The average molecular weight is 530 g/mol. The molecule has 0 amide bonds. The maximum absolute atomic E-state index is 6.43. The Morgan fingerprint density at radius 2 is 1.30 bits per heavy atom. The average Bonchev–Trinajstić information content (AvgIpc) is 2.81. The van der Waals surface area contributed by atoms with Crippen LogP contribution in [0.25, 0.3) is 0 Å². The normalized spacial score (nSPS) is 20.4. The summed E-state index contributed by atoms with van der Waals surface area (Å²) in [4.78, 5) is 0. The van der Waals surface area contributed by atoms with Gasteiger partial charge in [-0.3, -0.25) is 0 Å². The van der Waals surface area contributed by atoms with E-state index in [0.29, 0.717) is 6.61 Å². The Bertz CT molecular complexity index is 876. The van der Waals surface area contributed by atoms with Crippen LogP contribution in [-0.2, 0) is 9.47 Å². The molecule has 3 aromatic carbocycles. The van der Waals surface area contributed by atoms with Gasteiger partial charge in [0.25, 0.3) is 0 Å². The van der Waals surface area contributed by atoms with Crippen molar-refractivity contribution >= 4 is 42.2 Å². The quantitative estimate of drug-likeness (QED) is 0.226. The molecule has 1 aliphatic rings. The molecule has 2 atom stereocenters. The molecule has 0 fully saturated rings. The number of benzene rings is 3. The Hall–Kier alpha value is -1.52. The summed E-state index contributed by atoms with van der Waals surface area (Å²) < 4.78 is 9.39. The van der Waals surface area contributed by atoms with Gasteiger partial charge in [0.05, 0.1) is 0 Å². The zero-order chi connectivity index (χ0) is 20.9. The van der Waals surface area contributed by atoms with E-state index >= 15 is 0 Å². The van der Waals surface area contributed by atoms with E-state index in [-0.39, 0.29) is 12.4 Å². The molecule has 2 nitrogen and oxygen atoms in total. The van der Waals surface area contributed by atoms with Crippen LogP contribution >= 0.6 is 26.3 Å². The van der Waals surface area contributed by atoms with Crippen molar-refractivity contribution in [2.75, 3.05) is 12.8 Å². The Kier molecular flexibility index (Phi) is 6.74. The Labute approximate surface area is 192 Å². The van der Waals surface area contributed by atoms with E-state index in [1.165, 1.54) is 15.9 Å². The fraction of sp³-hybridized carbons (Fsp3) is 0.231. The number of rotatable bonds is 7. The van der Waals surface area contributed by atoms with E-state index < -0.39 is 4.25 Å². The van der Waals surface area contributed by atoms with Crippen LogP contribution in [0.5, 0.6) is 0 Å². The molecule has 0 bridgehead atoms. The maximum atomic E-state index is 6.43. The summed E-state index contributed by atoms with van der Waals surface area (Å²) in [7, 11) is 0. The first kappa shape index (κ1) is 21.7. The molecule has 3 aromatic rings. The molecule has 30 heavy (non-hydrogen) atoms. The molecule has 0 aliphatic carbocycles. The molecular weight excluding hydrogens is 502 g/mol. The van der Waals surface area contributed by atoms with Crippen molar-refractivity contribution < 1.29 is 9.47 Å². The summed E-state index contributed by atoms with van der Waals surface area (Å²) in [5.74, 6) is 0. The molecule has 0 radical (unpaired) electrons. The zero-order valence-corrected chi connectivity index (χ0v) is 20.3. The fourth-order valence-corrected chi connectivity index (χ4v) is 13.5. The van der Waals surface area contributed by atoms with Crippen LogP contribution in [0.1, 0.15) is 13.3 Å². The molecule has 156 valence electrons. The first-order valence-electron chi connectivity index (χ1n) is 10.5. The summed E-state index contributed by atoms with van der Waals surface area (Å²) in [5.41, 5.74) is 0. The van der Waals surface area contributed by atoms with E-state index in [9.17, 15) is 0 Å². The number of halogens is 1. The first-order chi connectivity index (χ1) is 14.6. The molecule has 4 rings (SSSR count). The minimum absolute atomic E-state index is 0.0849. The van der Waals surface area contributed by atoms with Crippen molar-refractivity contribution in [3.63, 3.8) is 0 Å². The van der Waals surface area contributed by atoms with Crippen LogP contribution in [0.3, 0.4) is 0 Å². The molecule has 0 saturated heterocycles. The van der Waals surface area contributed by atoms with Gasteiger partial charge in [-0.1, -0.05) is 0 Å². The second kappa shape index (κ2) is 9.32. The van der Waals surface area contributed by atoms with E-state index in [1.807, 2.05) is 13.0 Å². The van der Waals surface area contributed by atoms with Gasteiger partial charge in [0, 0.05) is 0 Å². The van der Waals surface area contributed by atoms with E-state index in [2.05, 4.69) is 119 Å². The second-order valence-electron chi connectivity index (χ2n) is 7.62.